The van der Waals surface area contributed by atoms with Crippen molar-refractivity contribution in [2.24, 2.45) is 0 Å². The summed E-state index contributed by atoms with van der Waals surface area (Å²) >= 11 is 0. The van der Waals surface area contributed by atoms with Gasteiger partial charge < -0.3 is 4.74 Å². The number of hydrogen-bond acceptors (Lipinski definition) is 4. The molecule has 0 bridgehead atoms. The van der Waals surface area contributed by atoms with Crippen LogP contribution >= 0.6 is 0 Å². The summed E-state index contributed by atoms with van der Waals surface area (Å²) in [5.41, 5.74) is 0. The molecule has 1 aromatic carbocycles. The molecule has 0 atom stereocenters. The summed E-state index contributed by atoms with van der Waals surface area (Å²) in [4.78, 5) is 11.1. The first kappa shape index (κ1) is 13.4. The standard InChI is InChI=1S/C12H14O4S/c1-3-16-9-12(10(2)13)17(14,15)11-7-5-4-6-8-11/h4-9H,3H2,1-2H3. The fraction of sp³-hybridized carbons (Fsp3) is 0.250. The number of sulfone groups is 1. The summed E-state index contributed by atoms with van der Waals surface area (Å²) in [6.45, 7) is 3.22. The average Bonchev–Trinajstić information content (AvgIpc) is 2.30. The first-order valence-electron chi connectivity index (χ1n) is 5.13. The van der Waals surface area contributed by atoms with Gasteiger partial charge in [0.2, 0.25) is 9.84 Å². The van der Waals surface area contributed by atoms with Crippen LogP contribution in [0.3, 0.4) is 0 Å². The molecule has 0 radical (unpaired) electrons. The molecule has 1 aromatic rings. The maximum atomic E-state index is 12.1. The van der Waals surface area contributed by atoms with E-state index in [1.807, 2.05) is 0 Å². The van der Waals surface area contributed by atoms with Crippen molar-refractivity contribution >= 4 is 15.6 Å². The number of ether oxygens (including phenoxy) is 1. The molecule has 0 aliphatic carbocycles. The van der Waals surface area contributed by atoms with Gasteiger partial charge in [-0.1, -0.05) is 18.2 Å². The Morgan fingerprint density at radius 1 is 1.29 bits per heavy atom. The third kappa shape index (κ3) is 3.17. The van der Waals surface area contributed by atoms with E-state index >= 15 is 0 Å². The van der Waals surface area contributed by atoms with Crippen molar-refractivity contribution in [2.45, 2.75) is 18.7 Å². The lowest BCUT2D eigenvalue weighted by Gasteiger charge is -2.06. The zero-order valence-corrected chi connectivity index (χ0v) is 10.5. The number of carbonyl (C=O) groups is 1. The molecule has 0 aromatic heterocycles. The van der Waals surface area contributed by atoms with Crippen LogP contribution in [0.15, 0.2) is 46.4 Å². The van der Waals surface area contributed by atoms with Crippen LogP contribution in [0.25, 0.3) is 0 Å². The molecule has 0 amide bonds. The second kappa shape index (κ2) is 5.63. The number of ketones is 1. The van der Waals surface area contributed by atoms with Crippen molar-refractivity contribution in [3.05, 3.63) is 41.5 Å². The Bertz CT molecular complexity index is 515. The Hall–Kier alpha value is -1.62. The van der Waals surface area contributed by atoms with Crippen LogP contribution in [0, 0.1) is 0 Å². The molecule has 0 N–H and O–H groups in total. The number of rotatable bonds is 5. The van der Waals surface area contributed by atoms with E-state index in [1.165, 1.54) is 19.1 Å². The zero-order chi connectivity index (χ0) is 12.9. The molecule has 0 aliphatic heterocycles. The van der Waals surface area contributed by atoms with Crippen LogP contribution in [0.4, 0.5) is 0 Å². The van der Waals surface area contributed by atoms with E-state index in [9.17, 15) is 13.2 Å². The average molecular weight is 254 g/mol. The van der Waals surface area contributed by atoms with E-state index in [1.54, 1.807) is 25.1 Å². The van der Waals surface area contributed by atoms with Crippen molar-refractivity contribution in [3.63, 3.8) is 0 Å². The molecule has 0 spiro atoms. The molecular formula is C12H14O4S. The van der Waals surface area contributed by atoms with Crippen molar-refractivity contribution in [1.82, 2.24) is 0 Å². The highest BCUT2D eigenvalue weighted by Crippen LogP contribution is 2.19. The molecule has 17 heavy (non-hydrogen) atoms. The topological polar surface area (TPSA) is 60.4 Å². The molecule has 0 unspecified atom stereocenters. The van der Waals surface area contributed by atoms with Crippen LogP contribution in [0.2, 0.25) is 0 Å². The summed E-state index contributed by atoms with van der Waals surface area (Å²) in [5.74, 6) is -0.540. The quantitative estimate of drug-likeness (QED) is 0.595. The van der Waals surface area contributed by atoms with Gasteiger partial charge in [-0.2, -0.15) is 0 Å². The second-order valence-electron chi connectivity index (χ2n) is 3.31. The van der Waals surface area contributed by atoms with Crippen LogP contribution in [0.1, 0.15) is 13.8 Å². The number of carbonyl (C=O) groups excluding carboxylic acids is 1. The highest BCUT2D eigenvalue weighted by molar-refractivity contribution is 7.96. The summed E-state index contributed by atoms with van der Waals surface area (Å²) in [5, 5.41) is 0. The van der Waals surface area contributed by atoms with Crippen molar-refractivity contribution in [3.8, 4) is 0 Å². The Labute approximate surface area is 101 Å². The van der Waals surface area contributed by atoms with Gasteiger partial charge in [-0.25, -0.2) is 8.42 Å². The van der Waals surface area contributed by atoms with Gasteiger partial charge >= 0.3 is 0 Å². The lowest BCUT2D eigenvalue weighted by atomic mass is 10.4. The molecule has 0 saturated carbocycles. The lowest BCUT2D eigenvalue weighted by molar-refractivity contribution is -0.113. The monoisotopic (exact) mass is 254 g/mol. The predicted octanol–water partition coefficient (Wildman–Crippen LogP) is 1.93. The van der Waals surface area contributed by atoms with E-state index in [2.05, 4.69) is 0 Å². The minimum Gasteiger partial charge on any atom is -0.500 e. The normalized spacial score (nSPS) is 12.2. The Kier molecular flexibility index (Phi) is 4.45. The largest absolute Gasteiger partial charge is 0.500 e. The summed E-state index contributed by atoms with van der Waals surface area (Å²) in [6, 6.07) is 7.80. The molecule has 0 saturated heterocycles. The highest BCUT2D eigenvalue weighted by Gasteiger charge is 2.24. The predicted molar refractivity (Wildman–Crippen MR) is 64.0 cm³/mol. The van der Waals surface area contributed by atoms with Gasteiger partial charge in [-0.05, 0) is 26.0 Å². The van der Waals surface area contributed by atoms with E-state index in [0.29, 0.717) is 6.61 Å². The van der Waals surface area contributed by atoms with E-state index < -0.39 is 15.6 Å². The van der Waals surface area contributed by atoms with E-state index in [0.717, 1.165) is 6.26 Å². The number of benzene rings is 1. The van der Waals surface area contributed by atoms with Crippen LogP contribution in [-0.4, -0.2) is 20.8 Å². The van der Waals surface area contributed by atoms with Gasteiger partial charge in [0.05, 0.1) is 11.5 Å². The lowest BCUT2D eigenvalue weighted by Crippen LogP contribution is -2.12. The van der Waals surface area contributed by atoms with Crippen molar-refractivity contribution in [2.75, 3.05) is 6.61 Å². The number of allylic oxidation sites excluding steroid dienone is 1. The van der Waals surface area contributed by atoms with Gasteiger partial charge in [0.25, 0.3) is 0 Å². The molecular weight excluding hydrogens is 240 g/mol. The highest BCUT2D eigenvalue weighted by atomic mass is 32.2. The number of Topliss-reactive ketones (excluding diaryl/α,β-unsaturated/α-hetero) is 1. The van der Waals surface area contributed by atoms with Crippen LogP contribution in [-0.2, 0) is 19.4 Å². The van der Waals surface area contributed by atoms with Gasteiger partial charge in [-0.15, -0.1) is 0 Å². The SMILES string of the molecule is CCOC=C(C(C)=O)S(=O)(=O)c1ccccc1. The van der Waals surface area contributed by atoms with Crippen LogP contribution in [0.5, 0.6) is 0 Å². The summed E-state index contributed by atoms with van der Waals surface area (Å²) < 4.78 is 29.1. The fourth-order valence-electron chi connectivity index (χ4n) is 1.22. The first-order valence-corrected chi connectivity index (χ1v) is 6.61. The van der Waals surface area contributed by atoms with E-state index in [4.69, 9.17) is 4.74 Å². The molecule has 4 nitrogen and oxygen atoms in total. The summed E-state index contributed by atoms with van der Waals surface area (Å²) in [7, 11) is -3.79. The Morgan fingerprint density at radius 2 is 1.88 bits per heavy atom. The molecule has 92 valence electrons. The third-order valence-electron chi connectivity index (χ3n) is 2.05. The Morgan fingerprint density at radius 3 is 2.35 bits per heavy atom. The van der Waals surface area contributed by atoms with Gasteiger partial charge in [-0.3, -0.25) is 4.79 Å². The minimum absolute atomic E-state index is 0.0844. The molecule has 0 heterocycles. The third-order valence-corrected chi connectivity index (χ3v) is 3.90. The van der Waals surface area contributed by atoms with Gasteiger partial charge in [0.15, 0.2) is 5.78 Å². The maximum Gasteiger partial charge on any atom is 0.213 e. The minimum atomic E-state index is -3.79. The molecule has 5 heteroatoms. The molecule has 0 aliphatic rings. The first-order chi connectivity index (χ1) is 8.00. The van der Waals surface area contributed by atoms with E-state index in [-0.39, 0.29) is 9.80 Å². The molecule has 1 rings (SSSR count). The second-order valence-corrected chi connectivity index (χ2v) is 5.23. The van der Waals surface area contributed by atoms with Crippen LogP contribution < -0.4 is 0 Å². The fourth-order valence-corrected chi connectivity index (χ4v) is 2.56. The van der Waals surface area contributed by atoms with Crippen molar-refractivity contribution < 1.29 is 17.9 Å². The zero-order valence-electron chi connectivity index (χ0n) is 9.71. The number of hydrogen-bond donors (Lipinski definition) is 0. The Balaban J connectivity index is 3.24. The van der Waals surface area contributed by atoms with Gasteiger partial charge in [0.1, 0.15) is 11.2 Å². The summed E-state index contributed by atoms with van der Waals surface area (Å²) in [6.07, 6.45) is 1.00. The van der Waals surface area contributed by atoms with Crippen molar-refractivity contribution in [1.29, 1.82) is 0 Å². The maximum absolute atomic E-state index is 12.1. The van der Waals surface area contributed by atoms with Gasteiger partial charge in [0, 0.05) is 0 Å². The smallest absolute Gasteiger partial charge is 0.213 e. The molecule has 0 fully saturated rings.